The Morgan fingerprint density at radius 2 is 2.07 bits per heavy atom. The zero-order valence-corrected chi connectivity index (χ0v) is 16.6. The van der Waals surface area contributed by atoms with Crippen molar-refractivity contribution in [1.82, 2.24) is 34.6 Å². The lowest BCUT2D eigenvalue weighted by atomic mass is 9.97. The molecule has 0 radical (unpaired) electrons. The molecule has 0 saturated carbocycles. The van der Waals surface area contributed by atoms with Gasteiger partial charge < -0.3 is 4.57 Å². The molecule has 1 atom stereocenters. The Hall–Kier alpha value is -3.06. The molecule has 1 aliphatic heterocycles. The molecule has 1 aliphatic rings. The standard InChI is InChI=1S/C22H25N7/c1-2-29-19-10-4-3-9-18(19)24-20(29)15-28-12-6-8-17(14-28)22-25-21(26-27-22)16-7-5-11-23-13-16/h3-5,7,9-11,13,17H,2,6,8,12,14-15H2,1H3,(H,25,26,27)/t17-/m1/s1. The number of aromatic nitrogens is 6. The molecule has 4 heterocycles. The van der Waals surface area contributed by atoms with Crippen molar-refractivity contribution in [1.29, 1.82) is 0 Å². The van der Waals surface area contributed by atoms with E-state index in [0.29, 0.717) is 5.92 Å². The maximum atomic E-state index is 4.90. The number of fused-ring (bicyclic) bond motifs is 1. The third-order valence-electron chi connectivity index (χ3n) is 5.73. The monoisotopic (exact) mass is 387 g/mol. The van der Waals surface area contributed by atoms with Gasteiger partial charge >= 0.3 is 0 Å². The van der Waals surface area contributed by atoms with Gasteiger partial charge in [0.1, 0.15) is 11.6 Å². The third-order valence-corrected chi connectivity index (χ3v) is 5.73. The molecule has 0 bridgehead atoms. The first-order valence-corrected chi connectivity index (χ1v) is 10.3. The number of pyridine rings is 1. The number of hydrogen-bond donors (Lipinski definition) is 1. The summed E-state index contributed by atoms with van der Waals surface area (Å²) in [5, 5.41) is 7.58. The van der Waals surface area contributed by atoms with Crippen LogP contribution in [0.3, 0.4) is 0 Å². The zero-order valence-electron chi connectivity index (χ0n) is 16.6. The molecule has 0 spiro atoms. The van der Waals surface area contributed by atoms with Crippen molar-refractivity contribution < 1.29 is 0 Å². The molecule has 7 heteroatoms. The molecule has 0 aliphatic carbocycles. The topological polar surface area (TPSA) is 75.5 Å². The van der Waals surface area contributed by atoms with Crippen LogP contribution in [0.1, 0.15) is 37.3 Å². The molecule has 7 nitrogen and oxygen atoms in total. The highest BCUT2D eigenvalue weighted by Gasteiger charge is 2.25. The van der Waals surface area contributed by atoms with Crippen molar-refractivity contribution in [3.63, 3.8) is 0 Å². The molecule has 3 aromatic heterocycles. The van der Waals surface area contributed by atoms with Crippen LogP contribution in [-0.4, -0.2) is 47.7 Å². The van der Waals surface area contributed by atoms with Gasteiger partial charge in [0.2, 0.25) is 0 Å². The van der Waals surface area contributed by atoms with Gasteiger partial charge in [-0.2, -0.15) is 5.10 Å². The Bertz CT molecular complexity index is 1100. The van der Waals surface area contributed by atoms with E-state index in [2.05, 4.69) is 55.8 Å². The second-order valence-corrected chi connectivity index (χ2v) is 7.62. The van der Waals surface area contributed by atoms with Gasteiger partial charge in [-0.25, -0.2) is 9.97 Å². The summed E-state index contributed by atoms with van der Waals surface area (Å²) in [5.41, 5.74) is 3.24. The summed E-state index contributed by atoms with van der Waals surface area (Å²) in [5.74, 6) is 3.19. The number of aromatic amines is 1. The van der Waals surface area contributed by atoms with E-state index in [1.54, 1.807) is 12.4 Å². The molecule has 1 fully saturated rings. The molecule has 0 unspecified atom stereocenters. The van der Waals surface area contributed by atoms with Crippen molar-refractivity contribution >= 4 is 11.0 Å². The molecule has 1 aromatic carbocycles. The number of H-pyrrole nitrogens is 1. The third kappa shape index (κ3) is 3.53. The number of imidazole rings is 1. The molecule has 29 heavy (non-hydrogen) atoms. The molecule has 0 amide bonds. The predicted octanol–water partition coefficient (Wildman–Crippen LogP) is 3.62. The van der Waals surface area contributed by atoms with E-state index in [1.165, 1.54) is 5.52 Å². The Morgan fingerprint density at radius 1 is 1.14 bits per heavy atom. The van der Waals surface area contributed by atoms with Gasteiger partial charge in [-0.3, -0.25) is 15.0 Å². The smallest absolute Gasteiger partial charge is 0.182 e. The van der Waals surface area contributed by atoms with Crippen LogP contribution in [0, 0.1) is 0 Å². The van der Waals surface area contributed by atoms with E-state index < -0.39 is 0 Å². The lowest BCUT2D eigenvalue weighted by molar-refractivity contribution is 0.190. The fraction of sp³-hybridized carbons (Fsp3) is 0.364. The van der Waals surface area contributed by atoms with Gasteiger partial charge in [-0.15, -0.1) is 0 Å². The van der Waals surface area contributed by atoms with Gasteiger partial charge in [0, 0.05) is 37.0 Å². The molecular formula is C22H25N7. The van der Waals surface area contributed by atoms with Gasteiger partial charge in [-0.1, -0.05) is 12.1 Å². The Kier molecular flexibility index (Phi) is 4.81. The molecule has 1 saturated heterocycles. The Balaban J connectivity index is 1.33. The lowest BCUT2D eigenvalue weighted by Gasteiger charge is -2.31. The maximum Gasteiger partial charge on any atom is 0.182 e. The molecule has 5 rings (SSSR count). The summed E-state index contributed by atoms with van der Waals surface area (Å²) in [7, 11) is 0. The van der Waals surface area contributed by atoms with Crippen LogP contribution in [0.5, 0.6) is 0 Å². The minimum atomic E-state index is 0.362. The van der Waals surface area contributed by atoms with E-state index in [4.69, 9.17) is 9.97 Å². The van der Waals surface area contributed by atoms with E-state index in [1.807, 2.05) is 12.1 Å². The van der Waals surface area contributed by atoms with Crippen LogP contribution in [0.4, 0.5) is 0 Å². The number of para-hydroxylation sites is 2. The van der Waals surface area contributed by atoms with Gasteiger partial charge in [0.15, 0.2) is 5.82 Å². The van der Waals surface area contributed by atoms with E-state index >= 15 is 0 Å². The highest BCUT2D eigenvalue weighted by Crippen LogP contribution is 2.27. The first kappa shape index (κ1) is 18.0. The minimum absolute atomic E-state index is 0.362. The molecule has 4 aromatic rings. The summed E-state index contributed by atoms with van der Waals surface area (Å²) in [6.45, 7) is 6.04. The minimum Gasteiger partial charge on any atom is -0.327 e. The Labute approximate surface area is 169 Å². The summed E-state index contributed by atoms with van der Waals surface area (Å²) in [4.78, 5) is 16.3. The highest BCUT2D eigenvalue weighted by atomic mass is 15.2. The number of aryl methyl sites for hydroxylation is 1. The fourth-order valence-corrected chi connectivity index (χ4v) is 4.30. The summed E-state index contributed by atoms with van der Waals surface area (Å²) >= 11 is 0. The highest BCUT2D eigenvalue weighted by molar-refractivity contribution is 5.75. The number of rotatable bonds is 5. The zero-order chi connectivity index (χ0) is 19.6. The molecule has 1 N–H and O–H groups in total. The quantitative estimate of drug-likeness (QED) is 0.566. The van der Waals surface area contributed by atoms with Crippen molar-refractivity contribution in [2.24, 2.45) is 0 Å². The van der Waals surface area contributed by atoms with E-state index in [9.17, 15) is 0 Å². The summed E-state index contributed by atoms with van der Waals surface area (Å²) < 4.78 is 2.33. The number of piperidine rings is 1. The van der Waals surface area contributed by atoms with Crippen molar-refractivity contribution in [2.45, 2.75) is 38.8 Å². The normalized spacial score (nSPS) is 17.8. The van der Waals surface area contributed by atoms with E-state index in [-0.39, 0.29) is 0 Å². The first-order valence-electron chi connectivity index (χ1n) is 10.3. The average molecular weight is 387 g/mol. The van der Waals surface area contributed by atoms with Crippen LogP contribution >= 0.6 is 0 Å². The second kappa shape index (κ2) is 7.75. The van der Waals surface area contributed by atoms with Crippen molar-refractivity contribution in [3.8, 4) is 11.4 Å². The van der Waals surface area contributed by atoms with Crippen LogP contribution < -0.4 is 0 Å². The number of nitrogens with one attached hydrogen (secondary N) is 1. The number of nitrogens with zero attached hydrogens (tertiary/aromatic N) is 6. The van der Waals surface area contributed by atoms with Crippen LogP contribution in [0.25, 0.3) is 22.4 Å². The van der Waals surface area contributed by atoms with Crippen molar-refractivity contribution in [2.75, 3.05) is 13.1 Å². The second-order valence-electron chi connectivity index (χ2n) is 7.62. The Morgan fingerprint density at radius 3 is 2.93 bits per heavy atom. The average Bonchev–Trinajstić information content (AvgIpc) is 3.39. The molecule has 148 valence electrons. The fourth-order valence-electron chi connectivity index (χ4n) is 4.30. The van der Waals surface area contributed by atoms with Crippen LogP contribution in [0.15, 0.2) is 48.8 Å². The summed E-state index contributed by atoms with van der Waals surface area (Å²) in [6, 6.07) is 12.3. The largest absolute Gasteiger partial charge is 0.327 e. The lowest BCUT2D eigenvalue weighted by Crippen LogP contribution is -2.35. The van der Waals surface area contributed by atoms with Gasteiger partial charge in [-0.05, 0) is 50.6 Å². The summed E-state index contributed by atoms with van der Waals surface area (Å²) in [6.07, 6.45) is 5.84. The number of hydrogen-bond acceptors (Lipinski definition) is 5. The van der Waals surface area contributed by atoms with Crippen molar-refractivity contribution in [3.05, 3.63) is 60.4 Å². The van der Waals surface area contributed by atoms with E-state index in [0.717, 1.165) is 67.6 Å². The number of benzene rings is 1. The predicted molar refractivity (Wildman–Crippen MR) is 112 cm³/mol. The number of likely N-dealkylation sites (tertiary alicyclic amines) is 1. The van der Waals surface area contributed by atoms with Gasteiger partial charge in [0.05, 0.1) is 17.6 Å². The van der Waals surface area contributed by atoms with Crippen LogP contribution in [-0.2, 0) is 13.1 Å². The maximum absolute atomic E-state index is 4.90. The van der Waals surface area contributed by atoms with Crippen LogP contribution in [0.2, 0.25) is 0 Å². The SMILES string of the molecule is CCn1c(CN2CCC[C@@H](c3nc(-c4cccnc4)n[nH]3)C2)nc2ccccc21. The van der Waals surface area contributed by atoms with Gasteiger partial charge in [0.25, 0.3) is 0 Å². The molecular weight excluding hydrogens is 362 g/mol. The first-order chi connectivity index (χ1) is 14.3.